The Kier molecular flexibility index (Phi) is 5.56. The highest BCUT2D eigenvalue weighted by molar-refractivity contribution is 5.83. The number of carbonyl (C=O) groups excluding carboxylic acids is 1. The zero-order valence-electron chi connectivity index (χ0n) is 15.0. The summed E-state index contributed by atoms with van der Waals surface area (Å²) in [4.78, 5) is 15.5. The lowest BCUT2D eigenvalue weighted by Crippen LogP contribution is -2.48. The van der Waals surface area contributed by atoms with E-state index in [0.29, 0.717) is 12.6 Å². The lowest BCUT2D eigenvalue weighted by molar-refractivity contribution is 0.140. The molecule has 3 rings (SSSR count). The molecular formula is C20H27N3O2. The van der Waals surface area contributed by atoms with E-state index < -0.39 is 6.10 Å². The molecule has 2 aromatic carbocycles. The van der Waals surface area contributed by atoms with Gasteiger partial charge in [0.2, 0.25) is 0 Å². The second-order valence-corrected chi connectivity index (χ2v) is 6.97. The Balaban J connectivity index is 1.51. The second-order valence-electron chi connectivity index (χ2n) is 6.97. The number of aliphatic hydroxyl groups excluding tert-OH is 1. The molecule has 5 heteroatoms. The van der Waals surface area contributed by atoms with Gasteiger partial charge in [0.1, 0.15) is 0 Å². The maximum Gasteiger partial charge on any atom is 0.319 e. The predicted octanol–water partition coefficient (Wildman–Crippen LogP) is 2.61. The molecule has 1 aliphatic rings. The summed E-state index contributed by atoms with van der Waals surface area (Å²) in [6.45, 7) is 2.06. The number of piperidine rings is 1. The molecule has 0 radical (unpaired) electrons. The Morgan fingerprint density at radius 2 is 1.88 bits per heavy atom. The molecule has 0 aromatic heterocycles. The fraction of sp³-hybridized carbons (Fsp3) is 0.450. The van der Waals surface area contributed by atoms with Crippen LogP contribution in [0.2, 0.25) is 0 Å². The van der Waals surface area contributed by atoms with Gasteiger partial charge in [-0.2, -0.15) is 0 Å². The van der Waals surface area contributed by atoms with Gasteiger partial charge in [0, 0.05) is 39.8 Å². The molecule has 134 valence electrons. The van der Waals surface area contributed by atoms with E-state index in [1.165, 1.54) is 5.39 Å². The topological polar surface area (TPSA) is 55.8 Å². The molecule has 1 atom stereocenters. The Bertz CT molecular complexity index is 724. The average Bonchev–Trinajstić information content (AvgIpc) is 2.65. The van der Waals surface area contributed by atoms with E-state index in [0.717, 1.165) is 36.9 Å². The fourth-order valence-electron chi connectivity index (χ4n) is 3.37. The van der Waals surface area contributed by atoms with Gasteiger partial charge in [-0.3, -0.25) is 0 Å². The van der Waals surface area contributed by atoms with Crippen molar-refractivity contribution in [1.82, 2.24) is 15.1 Å². The molecule has 2 aromatic rings. The number of benzene rings is 2. The van der Waals surface area contributed by atoms with Crippen molar-refractivity contribution in [2.24, 2.45) is 0 Å². The van der Waals surface area contributed by atoms with Gasteiger partial charge >= 0.3 is 6.03 Å². The summed E-state index contributed by atoms with van der Waals surface area (Å²) in [7, 11) is 3.57. The monoisotopic (exact) mass is 341 g/mol. The number of amides is 2. The van der Waals surface area contributed by atoms with Crippen LogP contribution < -0.4 is 5.32 Å². The summed E-state index contributed by atoms with van der Waals surface area (Å²) in [5.74, 6) is 0. The van der Waals surface area contributed by atoms with Crippen molar-refractivity contribution in [3.8, 4) is 0 Å². The van der Waals surface area contributed by atoms with Crippen LogP contribution in [0.25, 0.3) is 10.8 Å². The summed E-state index contributed by atoms with van der Waals surface area (Å²) >= 11 is 0. The van der Waals surface area contributed by atoms with Gasteiger partial charge in [-0.15, -0.1) is 0 Å². The number of nitrogens with one attached hydrogen (secondary N) is 1. The van der Waals surface area contributed by atoms with Crippen LogP contribution in [-0.2, 0) is 0 Å². The maximum atomic E-state index is 12.0. The number of urea groups is 1. The van der Waals surface area contributed by atoms with Crippen LogP contribution in [-0.4, -0.2) is 60.7 Å². The van der Waals surface area contributed by atoms with Crippen molar-refractivity contribution in [3.63, 3.8) is 0 Å². The average molecular weight is 341 g/mol. The molecule has 1 unspecified atom stereocenters. The first kappa shape index (κ1) is 17.7. The quantitative estimate of drug-likeness (QED) is 0.899. The molecule has 2 N–H and O–H groups in total. The van der Waals surface area contributed by atoms with Gasteiger partial charge < -0.3 is 20.2 Å². The minimum Gasteiger partial charge on any atom is -0.387 e. The Labute approximate surface area is 149 Å². The number of hydrogen-bond donors (Lipinski definition) is 2. The number of hydrogen-bond acceptors (Lipinski definition) is 3. The normalized spacial score (nSPS) is 16.8. The zero-order chi connectivity index (χ0) is 17.8. The molecule has 5 nitrogen and oxygen atoms in total. The number of rotatable bonds is 4. The van der Waals surface area contributed by atoms with E-state index in [2.05, 4.69) is 29.6 Å². The van der Waals surface area contributed by atoms with Gasteiger partial charge in [-0.1, -0.05) is 36.4 Å². The smallest absolute Gasteiger partial charge is 0.319 e. The minimum absolute atomic E-state index is 0.0784. The van der Waals surface area contributed by atoms with Crippen LogP contribution in [0, 0.1) is 0 Å². The summed E-state index contributed by atoms with van der Waals surface area (Å²) in [5.41, 5.74) is 0.937. The van der Waals surface area contributed by atoms with Gasteiger partial charge in [0.15, 0.2) is 0 Å². The molecule has 1 aliphatic heterocycles. The van der Waals surface area contributed by atoms with E-state index in [9.17, 15) is 9.90 Å². The molecule has 0 bridgehead atoms. The van der Waals surface area contributed by atoms with Crippen molar-refractivity contribution < 1.29 is 9.90 Å². The molecule has 0 spiro atoms. The fourth-order valence-corrected chi connectivity index (χ4v) is 3.37. The number of carbonyl (C=O) groups is 1. The zero-order valence-corrected chi connectivity index (χ0v) is 15.0. The van der Waals surface area contributed by atoms with Crippen LogP contribution in [0.1, 0.15) is 24.5 Å². The van der Waals surface area contributed by atoms with Crippen LogP contribution in [0.5, 0.6) is 0 Å². The Morgan fingerprint density at radius 3 is 2.56 bits per heavy atom. The second kappa shape index (κ2) is 7.85. The molecule has 0 saturated carbocycles. The SMILES string of the molecule is CN(C)C(=O)N1CCC(NCC(O)c2ccc3ccccc3c2)CC1. The van der Waals surface area contributed by atoms with Crippen molar-refractivity contribution in [2.75, 3.05) is 33.7 Å². The number of fused-ring (bicyclic) bond motifs is 1. The van der Waals surface area contributed by atoms with E-state index in [1.54, 1.807) is 19.0 Å². The molecule has 1 heterocycles. The van der Waals surface area contributed by atoms with Crippen molar-refractivity contribution >= 4 is 16.8 Å². The maximum absolute atomic E-state index is 12.0. The van der Waals surface area contributed by atoms with E-state index in [1.807, 2.05) is 23.1 Å². The van der Waals surface area contributed by atoms with Gasteiger partial charge in [0.25, 0.3) is 0 Å². The third kappa shape index (κ3) is 4.30. The lowest BCUT2D eigenvalue weighted by Gasteiger charge is -2.34. The van der Waals surface area contributed by atoms with Crippen molar-refractivity contribution in [1.29, 1.82) is 0 Å². The molecular weight excluding hydrogens is 314 g/mol. The van der Waals surface area contributed by atoms with Crippen LogP contribution in [0.15, 0.2) is 42.5 Å². The summed E-state index contributed by atoms with van der Waals surface area (Å²) in [6.07, 6.45) is 1.32. The molecule has 1 saturated heterocycles. The Morgan fingerprint density at radius 1 is 1.20 bits per heavy atom. The summed E-state index contributed by atoms with van der Waals surface area (Å²) in [6, 6.07) is 14.7. The Hall–Kier alpha value is -2.11. The molecule has 0 aliphatic carbocycles. The van der Waals surface area contributed by atoms with Crippen LogP contribution in [0.4, 0.5) is 4.79 Å². The first-order valence-electron chi connectivity index (χ1n) is 8.91. The molecule has 25 heavy (non-hydrogen) atoms. The van der Waals surface area contributed by atoms with Gasteiger partial charge in [0.05, 0.1) is 6.10 Å². The predicted molar refractivity (Wildman–Crippen MR) is 101 cm³/mol. The van der Waals surface area contributed by atoms with Crippen LogP contribution >= 0.6 is 0 Å². The summed E-state index contributed by atoms with van der Waals surface area (Å²) < 4.78 is 0. The van der Waals surface area contributed by atoms with Gasteiger partial charge in [-0.25, -0.2) is 4.79 Å². The number of likely N-dealkylation sites (tertiary alicyclic amines) is 1. The third-order valence-electron chi connectivity index (χ3n) is 4.91. The highest BCUT2D eigenvalue weighted by Crippen LogP contribution is 2.20. The first-order chi connectivity index (χ1) is 12.0. The number of nitrogens with zero attached hydrogens (tertiary/aromatic N) is 2. The highest BCUT2D eigenvalue weighted by Gasteiger charge is 2.23. The third-order valence-corrected chi connectivity index (χ3v) is 4.91. The molecule has 2 amide bonds. The summed E-state index contributed by atoms with van der Waals surface area (Å²) in [5, 5.41) is 16.3. The van der Waals surface area contributed by atoms with Crippen molar-refractivity contribution in [3.05, 3.63) is 48.0 Å². The first-order valence-corrected chi connectivity index (χ1v) is 8.91. The van der Waals surface area contributed by atoms with E-state index >= 15 is 0 Å². The van der Waals surface area contributed by atoms with Crippen molar-refractivity contribution in [2.45, 2.75) is 25.0 Å². The minimum atomic E-state index is -0.522. The standard InChI is InChI=1S/C20H27N3O2/c1-22(2)20(25)23-11-9-18(10-12-23)21-14-19(24)17-8-7-15-5-3-4-6-16(15)13-17/h3-8,13,18-19,21,24H,9-12,14H2,1-2H3. The van der Waals surface area contributed by atoms with Crippen LogP contribution in [0.3, 0.4) is 0 Å². The largest absolute Gasteiger partial charge is 0.387 e. The lowest BCUT2D eigenvalue weighted by atomic mass is 10.0. The van der Waals surface area contributed by atoms with E-state index in [-0.39, 0.29) is 6.03 Å². The molecule has 1 fully saturated rings. The number of aliphatic hydroxyl groups is 1. The van der Waals surface area contributed by atoms with Gasteiger partial charge in [-0.05, 0) is 35.2 Å². The van der Waals surface area contributed by atoms with E-state index in [4.69, 9.17) is 0 Å². The highest BCUT2D eigenvalue weighted by atomic mass is 16.3.